The van der Waals surface area contributed by atoms with Crippen LogP contribution < -0.4 is 0 Å². The lowest BCUT2D eigenvalue weighted by Gasteiger charge is -2.09. The predicted molar refractivity (Wildman–Crippen MR) is 85.8 cm³/mol. The molecule has 0 N–H and O–H groups in total. The van der Waals surface area contributed by atoms with Gasteiger partial charge in [0.2, 0.25) is 0 Å². The molecular formula is C19H20O2. The van der Waals surface area contributed by atoms with Gasteiger partial charge in [0.25, 0.3) is 0 Å². The quantitative estimate of drug-likeness (QED) is 0.545. The summed E-state index contributed by atoms with van der Waals surface area (Å²) >= 11 is 0. The van der Waals surface area contributed by atoms with Gasteiger partial charge in [-0.25, -0.2) is 4.79 Å². The normalized spacial score (nSPS) is 11.2. The molecule has 2 nitrogen and oxygen atoms in total. The smallest absolute Gasteiger partial charge is 0.343 e. The molecule has 0 radical (unpaired) electrons. The highest BCUT2D eigenvalue weighted by Gasteiger charge is 2.09. The summed E-state index contributed by atoms with van der Waals surface area (Å²) < 4.78 is 5.56. The number of esters is 1. The number of allylic oxidation sites excluding steroid dienone is 1. The number of carbonyl (C=O) groups is 1. The fourth-order valence-corrected chi connectivity index (χ4v) is 1.99. The number of hydrogen-bond acceptors (Lipinski definition) is 2. The average Bonchev–Trinajstić information content (AvgIpc) is 2.54. The van der Waals surface area contributed by atoms with Gasteiger partial charge >= 0.3 is 5.97 Å². The van der Waals surface area contributed by atoms with Crippen LogP contribution in [0.1, 0.15) is 42.1 Å². The maximum atomic E-state index is 12.1. The van der Waals surface area contributed by atoms with Gasteiger partial charge in [-0.1, -0.05) is 61.9 Å². The third-order valence-electron chi connectivity index (χ3n) is 3.14. The summed E-state index contributed by atoms with van der Waals surface area (Å²) in [6, 6.07) is 19.0. The molecular weight excluding hydrogens is 260 g/mol. The lowest BCUT2D eigenvalue weighted by Crippen LogP contribution is -2.05. The number of benzene rings is 2. The average molecular weight is 280 g/mol. The second-order valence-electron chi connectivity index (χ2n) is 4.88. The zero-order chi connectivity index (χ0) is 14.9. The molecule has 0 atom stereocenters. The van der Waals surface area contributed by atoms with Crippen molar-refractivity contribution in [2.45, 2.75) is 26.2 Å². The second kappa shape index (κ2) is 8.05. The lowest BCUT2D eigenvalue weighted by molar-refractivity contribution is 0.0617. The maximum Gasteiger partial charge on any atom is 0.343 e. The Balaban J connectivity index is 2.13. The van der Waals surface area contributed by atoms with E-state index in [-0.39, 0.29) is 5.97 Å². The monoisotopic (exact) mass is 280 g/mol. The van der Waals surface area contributed by atoms with E-state index >= 15 is 0 Å². The molecule has 2 aromatic carbocycles. The van der Waals surface area contributed by atoms with Gasteiger partial charge in [-0.15, -0.1) is 0 Å². The highest BCUT2D eigenvalue weighted by atomic mass is 16.5. The first-order valence-corrected chi connectivity index (χ1v) is 7.32. The summed E-state index contributed by atoms with van der Waals surface area (Å²) in [6.45, 7) is 2.12. The Bertz CT molecular complexity index is 585. The van der Waals surface area contributed by atoms with Crippen molar-refractivity contribution in [2.75, 3.05) is 0 Å². The van der Waals surface area contributed by atoms with Gasteiger partial charge in [0.15, 0.2) is 0 Å². The topological polar surface area (TPSA) is 26.3 Å². The van der Waals surface area contributed by atoms with Crippen LogP contribution in [0.5, 0.6) is 0 Å². The number of hydrogen-bond donors (Lipinski definition) is 0. The van der Waals surface area contributed by atoms with Crippen LogP contribution in [0.15, 0.2) is 66.4 Å². The third kappa shape index (κ3) is 4.92. The summed E-state index contributed by atoms with van der Waals surface area (Å²) in [7, 11) is 0. The van der Waals surface area contributed by atoms with E-state index in [2.05, 4.69) is 6.92 Å². The van der Waals surface area contributed by atoms with Gasteiger partial charge in [0, 0.05) is 6.42 Å². The Hall–Kier alpha value is -2.35. The molecule has 0 spiro atoms. The van der Waals surface area contributed by atoms with E-state index in [1.807, 2.05) is 54.6 Å². The van der Waals surface area contributed by atoms with Crippen molar-refractivity contribution in [1.82, 2.24) is 0 Å². The second-order valence-corrected chi connectivity index (χ2v) is 4.88. The molecule has 0 aromatic heterocycles. The van der Waals surface area contributed by atoms with E-state index in [4.69, 9.17) is 4.74 Å². The van der Waals surface area contributed by atoms with Gasteiger partial charge in [-0.05, 0) is 30.2 Å². The Labute approximate surface area is 126 Å². The van der Waals surface area contributed by atoms with E-state index in [9.17, 15) is 4.79 Å². The van der Waals surface area contributed by atoms with E-state index in [0.717, 1.165) is 30.6 Å². The molecule has 0 aliphatic rings. The lowest BCUT2D eigenvalue weighted by atomic mass is 10.1. The molecule has 0 saturated carbocycles. The van der Waals surface area contributed by atoms with E-state index < -0.39 is 0 Å². The molecule has 0 fully saturated rings. The first kappa shape index (κ1) is 15.0. The van der Waals surface area contributed by atoms with Gasteiger partial charge in [-0.2, -0.15) is 0 Å². The summed E-state index contributed by atoms with van der Waals surface area (Å²) in [5.41, 5.74) is 1.62. The summed E-state index contributed by atoms with van der Waals surface area (Å²) in [6.07, 6.45) is 4.77. The Morgan fingerprint density at radius 2 is 1.62 bits per heavy atom. The zero-order valence-electron chi connectivity index (χ0n) is 12.3. The van der Waals surface area contributed by atoms with Crippen molar-refractivity contribution in [2.24, 2.45) is 0 Å². The van der Waals surface area contributed by atoms with Crippen LogP contribution in [0.4, 0.5) is 0 Å². The standard InChI is InChI=1S/C19H20O2/c1-2-3-14-18(15-16-10-6-4-7-11-16)21-19(20)17-12-8-5-9-13-17/h4-13,15H,2-3,14H2,1H3/b18-15+. The van der Waals surface area contributed by atoms with E-state index in [1.54, 1.807) is 12.1 Å². The van der Waals surface area contributed by atoms with Crippen molar-refractivity contribution in [3.63, 3.8) is 0 Å². The third-order valence-corrected chi connectivity index (χ3v) is 3.14. The number of rotatable bonds is 6. The fourth-order valence-electron chi connectivity index (χ4n) is 1.99. The Morgan fingerprint density at radius 1 is 1.00 bits per heavy atom. The minimum Gasteiger partial charge on any atom is -0.427 e. The molecule has 0 unspecified atom stereocenters. The molecule has 2 aromatic rings. The van der Waals surface area contributed by atoms with Crippen molar-refractivity contribution in [3.8, 4) is 0 Å². The van der Waals surface area contributed by atoms with Gasteiger partial charge < -0.3 is 4.74 Å². The first-order valence-electron chi connectivity index (χ1n) is 7.32. The molecule has 0 aliphatic heterocycles. The van der Waals surface area contributed by atoms with Crippen molar-refractivity contribution < 1.29 is 9.53 Å². The molecule has 0 amide bonds. The predicted octanol–water partition coefficient (Wildman–Crippen LogP) is 5.07. The van der Waals surface area contributed by atoms with Gasteiger partial charge in [0.1, 0.15) is 5.76 Å². The van der Waals surface area contributed by atoms with Crippen molar-refractivity contribution in [1.29, 1.82) is 0 Å². The Kier molecular flexibility index (Phi) is 5.77. The van der Waals surface area contributed by atoms with E-state index in [1.165, 1.54) is 0 Å². The number of ether oxygens (including phenoxy) is 1. The summed E-state index contributed by atoms with van der Waals surface area (Å²) in [4.78, 5) is 12.1. The van der Waals surface area contributed by atoms with E-state index in [0.29, 0.717) is 5.56 Å². The van der Waals surface area contributed by atoms with Crippen LogP contribution in [0.3, 0.4) is 0 Å². The molecule has 0 heterocycles. The molecule has 108 valence electrons. The Morgan fingerprint density at radius 3 is 2.24 bits per heavy atom. The van der Waals surface area contributed by atoms with Crippen molar-refractivity contribution in [3.05, 3.63) is 77.5 Å². The molecule has 0 saturated heterocycles. The minimum atomic E-state index is -0.297. The fraction of sp³-hybridized carbons (Fsp3) is 0.211. The molecule has 2 heteroatoms. The molecule has 0 bridgehead atoms. The highest BCUT2D eigenvalue weighted by Crippen LogP contribution is 2.16. The number of carbonyl (C=O) groups excluding carboxylic acids is 1. The number of unbranched alkanes of at least 4 members (excludes halogenated alkanes) is 1. The summed E-state index contributed by atoms with van der Waals surface area (Å²) in [5, 5.41) is 0. The highest BCUT2D eigenvalue weighted by molar-refractivity contribution is 5.90. The summed E-state index contributed by atoms with van der Waals surface area (Å²) in [5.74, 6) is 0.422. The van der Waals surface area contributed by atoms with Gasteiger partial charge in [-0.3, -0.25) is 0 Å². The molecule has 21 heavy (non-hydrogen) atoms. The van der Waals surface area contributed by atoms with Crippen LogP contribution >= 0.6 is 0 Å². The van der Waals surface area contributed by atoms with Crippen LogP contribution in [-0.2, 0) is 4.74 Å². The van der Waals surface area contributed by atoms with Crippen LogP contribution in [0, 0.1) is 0 Å². The minimum absolute atomic E-state index is 0.297. The SMILES string of the molecule is CCCC/C(=C\c1ccccc1)OC(=O)c1ccccc1. The largest absolute Gasteiger partial charge is 0.427 e. The molecule has 0 aliphatic carbocycles. The van der Waals surface area contributed by atoms with Gasteiger partial charge in [0.05, 0.1) is 5.56 Å². The molecule has 2 rings (SSSR count). The van der Waals surface area contributed by atoms with Crippen LogP contribution in [0.2, 0.25) is 0 Å². The van der Waals surface area contributed by atoms with Crippen LogP contribution in [-0.4, -0.2) is 5.97 Å². The van der Waals surface area contributed by atoms with Crippen molar-refractivity contribution >= 4 is 12.0 Å². The first-order chi connectivity index (χ1) is 10.3. The zero-order valence-corrected chi connectivity index (χ0v) is 12.3. The van der Waals surface area contributed by atoms with Crippen LogP contribution in [0.25, 0.3) is 6.08 Å². The maximum absolute atomic E-state index is 12.1.